The van der Waals surface area contributed by atoms with Crippen LogP contribution in [0.5, 0.6) is 17.2 Å². The lowest BCUT2D eigenvalue weighted by Crippen LogP contribution is -2.38. The molecular formula is C15H22F2IN3O3S. The number of guanidine groups is 1. The number of nitrogens with zero attached hydrogens (tertiary/aromatic N) is 1. The van der Waals surface area contributed by atoms with Crippen molar-refractivity contribution in [2.75, 3.05) is 31.9 Å². The number of benzene rings is 1. The number of hydrogen-bond acceptors (Lipinski definition) is 5. The highest BCUT2D eigenvalue weighted by atomic mass is 127. The number of hydrogen-bond donors (Lipinski definition) is 2. The van der Waals surface area contributed by atoms with Crippen molar-refractivity contribution in [2.24, 2.45) is 4.99 Å². The highest BCUT2D eigenvalue weighted by molar-refractivity contribution is 14.0. The van der Waals surface area contributed by atoms with Crippen LogP contribution in [-0.2, 0) is 6.54 Å². The van der Waals surface area contributed by atoms with Crippen molar-refractivity contribution in [1.82, 2.24) is 10.6 Å². The fraction of sp³-hybridized carbons (Fsp3) is 0.533. The minimum absolute atomic E-state index is 0. The fourth-order valence-corrected chi connectivity index (χ4v) is 2.38. The molecule has 142 valence electrons. The van der Waals surface area contributed by atoms with Crippen LogP contribution >= 0.6 is 35.7 Å². The van der Waals surface area contributed by atoms with Crippen LogP contribution in [0.3, 0.4) is 0 Å². The summed E-state index contributed by atoms with van der Waals surface area (Å²) in [5.41, 5.74) is 0.501. The number of alkyl halides is 2. The van der Waals surface area contributed by atoms with Crippen LogP contribution < -0.4 is 24.8 Å². The number of halogens is 3. The van der Waals surface area contributed by atoms with E-state index in [0.29, 0.717) is 29.6 Å². The van der Waals surface area contributed by atoms with E-state index in [-0.39, 0.29) is 43.1 Å². The largest absolute Gasteiger partial charge is 0.454 e. The molecule has 6 nitrogen and oxygen atoms in total. The van der Waals surface area contributed by atoms with E-state index in [1.54, 1.807) is 17.8 Å². The normalized spacial score (nSPS) is 12.8. The summed E-state index contributed by atoms with van der Waals surface area (Å²) in [5.74, 6) is 2.49. The molecule has 0 atom stereocenters. The Morgan fingerprint density at radius 2 is 2.04 bits per heavy atom. The average molecular weight is 489 g/mol. The van der Waals surface area contributed by atoms with E-state index in [9.17, 15) is 8.78 Å². The van der Waals surface area contributed by atoms with E-state index in [1.165, 1.54) is 6.07 Å². The lowest BCUT2D eigenvalue weighted by atomic mass is 10.1. The maximum Gasteiger partial charge on any atom is 0.387 e. The SMILES string of the molecule is CCNC(=NCc1cc2c(cc1OC(F)F)OCO2)NCCSC.I. The van der Waals surface area contributed by atoms with E-state index < -0.39 is 6.61 Å². The van der Waals surface area contributed by atoms with E-state index in [2.05, 4.69) is 20.4 Å². The molecule has 10 heteroatoms. The van der Waals surface area contributed by atoms with Gasteiger partial charge in [-0.3, -0.25) is 0 Å². The number of ether oxygens (including phenoxy) is 3. The summed E-state index contributed by atoms with van der Waals surface area (Å²) in [6.45, 7) is 0.738. The smallest absolute Gasteiger partial charge is 0.387 e. The van der Waals surface area contributed by atoms with Crippen LogP contribution in [0, 0.1) is 0 Å². The van der Waals surface area contributed by atoms with Crippen molar-refractivity contribution < 1.29 is 23.0 Å². The Labute approximate surface area is 167 Å². The summed E-state index contributed by atoms with van der Waals surface area (Å²) in [6, 6.07) is 3.03. The molecule has 2 rings (SSSR count). The zero-order valence-electron chi connectivity index (χ0n) is 14.0. The molecule has 0 amide bonds. The maximum absolute atomic E-state index is 12.6. The monoisotopic (exact) mass is 489 g/mol. The van der Waals surface area contributed by atoms with Crippen molar-refractivity contribution in [3.05, 3.63) is 17.7 Å². The number of fused-ring (bicyclic) bond motifs is 1. The molecule has 2 N–H and O–H groups in total. The highest BCUT2D eigenvalue weighted by Crippen LogP contribution is 2.38. The molecule has 0 bridgehead atoms. The van der Waals surface area contributed by atoms with Gasteiger partial charge in [0.05, 0.1) is 6.54 Å². The Balaban J connectivity index is 0.00000312. The van der Waals surface area contributed by atoms with Gasteiger partial charge in [-0.15, -0.1) is 24.0 Å². The van der Waals surface area contributed by atoms with Gasteiger partial charge in [-0.2, -0.15) is 20.5 Å². The molecule has 1 aromatic carbocycles. The molecule has 1 heterocycles. The average Bonchev–Trinajstić information content (AvgIpc) is 2.99. The first-order chi connectivity index (χ1) is 11.6. The first-order valence-corrected chi connectivity index (χ1v) is 8.91. The summed E-state index contributed by atoms with van der Waals surface area (Å²) in [7, 11) is 0. The second kappa shape index (κ2) is 11.4. The molecule has 0 spiro atoms. The first-order valence-electron chi connectivity index (χ1n) is 7.52. The van der Waals surface area contributed by atoms with E-state index >= 15 is 0 Å². The van der Waals surface area contributed by atoms with Crippen molar-refractivity contribution in [3.8, 4) is 17.2 Å². The zero-order chi connectivity index (χ0) is 17.4. The molecule has 1 aliphatic rings. The van der Waals surface area contributed by atoms with Gasteiger partial charge in [0, 0.05) is 30.5 Å². The summed E-state index contributed by atoms with van der Waals surface area (Å²) in [5, 5.41) is 6.29. The van der Waals surface area contributed by atoms with Crippen LogP contribution in [0.15, 0.2) is 17.1 Å². The summed E-state index contributed by atoms with van der Waals surface area (Å²) < 4.78 is 40.3. The second-order valence-corrected chi connectivity index (χ2v) is 5.79. The third-order valence-electron chi connectivity index (χ3n) is 3.12. The summed E-state index contributed by atoms with van der Waals surface area (Å²) >= 11 is 1.72. The predicted octanol–water partition coefficient (Wildman–Crippen LogP) is 3.05. The molecule has 1 aliphatic heterocycles. The Morgan fingerprint density at radius 1 is 1.32 bits per heavy atom. The Bertz CT molecular complexity index is 579. The van der Waals surface area contributed by atoms with Crippen LogP contribution in [0.2, 0.25) is 0 Å². The van der Waals surface area contributed by atoms with Crippen LogP contribution in [0.25, 0.3) is 0 Å². The second-order valence-electron chi connectivity index (χ2n) is 4.81. The quantitative estimate of drug-likeness (QED) is 0.254. The molecule has 0 fully saturated rings. The van der Waals surface area contributed by atoms with Gasteiger partial charge in [-0.1, -0.05) is 0 Å². The standard InChI is InChI=1S/C15H21F2N3O3S.HI/c1-3-18-15(19-4-5-24-2)20-8-10-6-12-13(22-9-21-12)7-11(10)23-14(16)17;/h6-7,14H,3-5,8-9H2,1-2H3,(H2,18,19,20);1H. The lowest BCUT2D eigenvalue weighted by Gasteiger charge is -2.13. The third-order valence-corrected chi connectivity index (χ3v) is 3.73. The van der Waals surface area contributed by atoms with Crippen LogP contribution in [-0.4, -0.2) is 44.5 Å². The summed E-state index contributed by atoms with van der Waals surface area (Å²) in [4.78, 5) is 4.41. The van der Waals surface area contributed by atoms with Gasteiger partial charge in [0.25, 0.3) is 0 Å². The van der Waals surface area contributed by atoms with Gasteiger partial charge >= 0.3 is 6.61 Å². The number of thioether (sulfide) groups is 1. The predicted molar refractivity (Wildman–Crippen MR) is 106 cm³/mol. The van der Waals surface area contributed by atoms with Crippen LogP contribution in [0.1, 0.15) is 12.5 Å². The first kappa shape index (κ1) is 21.9. The van der Waals surface area contributed by atoms with E-state index in [4.69, 9.17) is 9.47 Å². The van der Waals surface area contributed by atoms with Crippen molar-refractivity contribution >= 4 is 41.7 Å². The van der Waals surface area contributed by atoms with Crippen molar-refractivity contribution in [3.63, 3.8) is 0 Å². The van der Waals surface area contributed by atoms with Gasteiger partial charge in [0.2, 0.25) is 6.79 Å². The lowest BCUT2D eigenvalue weighted by molar-refractivity contribution is -0.0505. The molecule has 25 heavy (non-hydrogen) atoms. The molecule has 0 aromatic heterocycles. The molecule has 0 aliphatic carbocycles. The highest BCUT2D eigenvalue weighted by Gasteiger charge is 2.20. The third kappa shape index (κ3) is 6.92. The fourth-order valence-electron chi connectivity index (χ4n) is 2.07. The molecule has 0 unspecified atom stereocenters. The van der Waals surface area contributed by atoms with Crippen LogP contribution in [0.4, 0.5) is 8.78 Å². The van der Waals surface area contributed by atoms with Gasteiger partial charge in [-0.05, 0) is 19.2 Å². The van der Waals surface area contributed by atoms with Crippen molar-refractivity contribution in [1.29, 1.82) is 0 Å². The topological polar surface area (TPSA) is 64.1 Å². The molecule has 0 saturated heterocycles. The van der Waals surface area contributed by atoms with Crippen molar-refractivity contribution in [2.45, 2.75) is 20.1 Å². The van der Waals surface area contributed by atoms with Gasteiger partial charge in [0.15, 0.2) is 17.5 Å². The van der Waals surface area contributed by atoms with E-state index in [1.807, 2.05) is 13.2 Å². The Morgan fingerprint density at radius 3 is 2.68 bits per heavy atom. The number of rotatable bonds is 8. The Hall–Kier alpha value is -1.17. The maximum atomic E-state index is 12.6. The van der Waals surface area contributed by atoms with E-state index in [0.717, 1.165) is 12.3 Å². The molecule has 1 aromatic rings. The molecule has 0 radical (unpaired) electrons. The number of aliphatic imine (C=N–C) groups is 1. The minimum Gasteiger partial charge on any atom is -0.454 e. The van der Waals surface area contributed by atoms with Gasteiger partial charge in [0.1, 0.15) is 5.75 Å². The summed E-state index contributed by atoms with van der Waals surface area (Å²) in [6.07, 6.45) is 2.02. The number of nitrogens with one attached hydrogen (secondary N) is 2. The van der Waals surface area contributed by atoms with Gasteiger partial charge < -0.3 is 24.8 Å². The molecule has 0 saturated carbocycles. The zero-order valence-corrected chi connectivity index (χ0v) is 17.2. The Kier molecular flexibility index (Phi) is 10.0. The van der Waals surface area contributed by atoms with Gasteiger partial charge in [-0.25, -0.2) is 4.99 Å². The minimum atomic E-state index is -2.92. The molecular weight excluding hydrogens is 467 g/mol.